The van der Waals surface area contributed by atoms with Crippen LogP contribution in [0.4, 0.5) is 0 Å². The van der Waals surface area contributed by atoms with E-state index in [9.17, 15) is 10.0 Å². The normalized spacial score (nSPS) is 10.8. The molecule has 2 heterocycles. The number of fused-ring (bicyclic) bond motifs is 6. The summed E-state index contributed by atoms with van der Waals surface area (Å²) < 4.78 is 8.71. The largest absolute Gasteiger partial charge is 0.488 e. The molecule has 0 unspecified atom stereocenters. The Morgan fingerprint density at radius 1 is 0.421 bits per heavy atom. The highest BCUT2D eigenvalue weighted by molar-refractivity contribution is 14.1. The molecule has 0 aliphatic carbocycles. The molecule has 0 amide bonds. The summed E-state index contributed by atoms with van der Waals surface area (Å²) in [5, 5.41) is 24.0. The van der Waals surface area contributed by atoms with Gasteiger partial charge in [0, 0.05) is 52.9 Å². The van der Waals surface area contributed by atoms with Crippen LogP contribution in [0.3, 0.4) is 0 Å². The number of halogens is 3. The van der Waals surface area contributed by atoms with Crippen molar-refractivity contribution in [3.63, 3.8) is 0 Å². The Labute approximate surface area is 372 Å². The molecule has 10 aromatic rings. The molecule has 2 aromatic heterocycles. The summed E-state index contributed by atoms with van der Waals surface area (Å²) in [5.74, 6) is 0. The summed E-state index contributed by atoms with van der Waals surface area (Å²) in [6, 6.07) is 62.9. The van der Waals surface area contributed by atoms with E-state index >= 15 is 0 Å². The van der Waals surface area contributed by atoms with Gasteiger partial charge in [-0.15, -0.1) is 22.7 Å². The van der Waals surface area contributed by atoms with E-state index < -0.39 is 7.12 Å². The van der Waals surface area contributed by atoms with Crippen LogP contribution in [0.5, 0.6) is 0 Å². The van der Waals surface area contributed by atoms with Gasteiger partial charge in [0.25, 0.3) is 0 Å². The van der Waals surface area contributed by atoms with Gasteiger partial charge < -0.3 is 10.0 Å². The lowest BCUT2D eigenvalue weighted by Crippen LogP contribution is -2.29. The third kappa shape index (κ3) is 9.29. The minimum Gasteiger partial charge on any atom is -0.423 e. The van der Waals surface area contributed by atoms with Crippen LogP contribution in [0.1, 0.15) is 7.43 Å². The molecular weight excluding hydrogens is 982 g/mol. The molecular formula is C49H36BBr2IO2S2. The zero-order valence-corrected chi connectivity index (χ0v) is 36.7. The van der Waals surface area contributed by atoms with Gasteiger partial charge in [0.15, 0.2) is 0 Å². The fourth-order valence-electron chi connectivity index (χ4n) is 6.81. The highest BCUT2D eigenvalue weighted by atomic mass is 127. The molecule has 0 aliphatic rings. The van der Waals surface area contributed by atoms with Gasteiger partial charge in [-0.1, -0.05) is 173 Å². The first-order valence-corrected chi connectivity index (χ1v) is 22.2. The molecule has 0 spiro atoms. The van der Waals surface area contributed by atoms with Crippen LogP contribution >= 0.6 is 77.1 Å². The first-order valence-electron chi connectivity index (χ1n) is 17.9. The van der Waals surface area contributed by atoms with Gasteiger partial charge in [0.1, 0.15) is 0 Å². The smallest absolute Gasteiger partial charge is 0.423 e. The zero-order valence-electron chi connectivity index (χ0n) is 29.7. The van der Waals surface area contributed by atoms with E-state index in [2.05, 4.69) is 200 Å². The summed E-state index contributed by atoms with van der Waals surface area (Å²) in [6.07, 6.45) is 0. The molecule has 2 nitrogen and oxygen atoms in total. The van der Waals surface area contributed by atoms with Crippen molar-refractivity contribution in [3.05, 3.63) is 195 Å². The fraction of sp³-hybridized carbons (Fsp3) is 0.0204. The highest BCUT2D eigenvalue weighted by Gasteiger charge is 2.14. The van der Waals surface area contributed by atoms with E-state index in [-0.39, 0.29) is 7.43 Å². The number of benzene rings is 8. The van der Waals surface area contributed by atoms with Gasteiger partial charge in [-0.05, 0) is 110 Å². The zero-order chi connectivity index (χ0) is 38.6. The second-order valence-electron chi connectivity index (χ2n) is 13.1. The van der Waals surface area contributed by atoms with Crippen LogP contribution in [-0.2, 0) is 0 Å². The Morgan fingerprint density at radius 3 is 1.39 bits per heavy atom. The van der Waals surface area contributed by atoms with Gasteiger partial charge in [0.2, 0.25) is 0 Å². The van der Waals surface area contributed by atoms with Crippen LogP contribution in [-0.4, -0.2) is 17.2 Å². The van der Waals surface area contributed by atoms with Crippen LogP contribution in [0.15, 0.2) is 191 Å². The van der Waals surface area contributed by atoms with Gasteiger partial charge >= 0.3 is 7.12 Å². The van der Waals surface area contributed by atoms with Crippen LogP contribution in [0.2, 0.25) is 0 Å². The molecule has 0 saturated carbocycles. The van der Waals surface area contributed by atoms with E-state index in [4.69, 9.17) is 0 Å². The monoisotopic (exact) mass is 1020 g/mol. The van der Waals surface area contributed by atoms with Crippen molar-refractivity contribution in [1.82, 2.24) is 0 Å². The van der Waals surface area contributed by atoms with E-state index in [1.807, 2.05) is 41.7 Å². The summed E-state index contributed by atoms with van der Waals surface area (Å²) >= 11 is 12.9. The van der Waals surface area contributed by atoms with Crippen LogP contribution < -0.4 is 5.46 Å². The maximum absolute atomic E-state index is 9.38. The highest BCUT2D eigenvalue weighted by Crippen LogP contribution is 2.41. The minimum absolute atomic E-state index is 0. The fourth-order valence-corrected chi connectivity index (χ4v) is 11.1. The molecule has 0 bridgehead atoms. The van der Waals surface area contributed by atoms with Crippen molar-refractivity contribution in [2.45, 2.75) is 7.43 Å². The maximum Gasteiger partial charge on any atom is 0.488 e. The minimum atomic E-state index is -1.44. The van der Waals surface area contributed by atoms with Gasteiger partial charge in [-0.2, -0.15) is 0 Å². The molecule has 8 aromatic carbocycles. The third-order valence-corrected chi connectivity index (χ3v) is 13.5. The van der Waals surface area contributed by atoms with E-state index in [1.54, 1.807) is 17.4 Å². The summed E-state index contributed by atoms with van der Waals surface area (Å²) in [4.78, 5) is 0. The number of hydrogen-bond donors (Lipinski definition) is 2. The molecule has 0 aliphatic heterocycles. The van der Waals surface area contributed by atoms with E-state index in [0.29, 0.717) is 5.46 Å². The predicted molar refractivity (Wildman–Crippen MR) is 266 cm³/mol. The average molecular weight is 1020 g/mol. The van der Waals surface area contributed by atoms with E-state index in [1.165, 1.54) is 66.2 Å². The quantitative estimate of drug-likeness (QED) is 0.136. The second kappa shape index (κ2) is 18.6. The molecule has 0 saturated heterocycles. The Kier molecular flexibility index (Phi) is 13.4. The number of thiophene rings is 2. The Morgan fingerprint density at radius 2 is 0.860 bits per heavy atom. The van der Waals surface area contributed by atoms with Crippen LogP contribution in [0, 0.1) is 3.57 Å². The molecule has 0 fully saturated rings. The predicted octanol–water partition coefficient (Wildman–Crippen LogP) is 15.2. The molecule has 8 heteroatoms. The Balaban J connectivity index is 0.000000145. The topological polar surface area (TPSA) is 40.5 Å². The van der Waals surface area contributed by atoms with Crippen molar-refractivity contribution in [3.8, 4) is 33.4 Å². The molecule has 10 rings (SSSR count). The van der Waals surface area contributed by atoms with Crippen molar-refractivity contribution in [2.75, 3.05) is 0 Å². The second-order valence-corrected chi connectivity index (χ2v) is 18.3. The molecule has 0 atom stereocenters. The number of hydrogen-bond acceptors (Lipinski definition) is 4. The SMILES string of the molecule is Brc1cccc(-c2cccc(-c3cccc4c3sc3ccccc34)c2)c1.Brc1cccc(I)c1.C.OB(O)c1cccc(-c2cccc3c2sc2ccccc23)c1. The molecule has 2 N–H and O–H groups in total. The molecule has 0 radical (unpaired) electrons. The maximum atomic E-state index is 9.38. The van der Waals surface area contributed by atoms with Gasteiger partial charge in [-0.25, -0.2) is 0 Å². The number of rotatable bonds is 4. The summed E-state index contributed by atoms with van der Waals surface area (Å²) in [7, 11) is -1.44. The first-order chi connectivity index (χ1) is 27.3. The first kappa shape index (κ1) is 41.0. The van der Waals surface area contributed by atoms with Crippen molar-refractivity contribution in [2.24, 2.45) is 0 Å². The standard InChI is InChI=1S/C24H15BrS.C18H13BO2S.C6H4BrI.CH4/c25-19-9-4-7-17(15-19)16-6-3-8-18(14-16)20-11-5-12-22-21-10-1-2-13-23(21)26-24(20)22;20-19(21)13-6-3-5-12(11-13)14-8-4-9-16-15-7-1-2-10-17(15)22-18(14)16;7-5-2-1-3-6(8)4-5;/h1-15H;1-11,20-21H;1-4H;1H4. The van der Waals surface area contributed by atoms with Crippen molar-refractivity contribution >= 4 is 130 Å². The summed E-state index contributed by atoms with van der Waals surface area (Å²) in [5.41, 5.74) is 7.67. The van der Waals surface area contributed by atoms with Gasteiger partial charge in [-0.3, -0.25) is 0 Å². The van der Waals surface area contributed by atoms with Crippen molar-refractivity contribution in [1.29, 1.82) is 0 Å². The summed E-state index contributed by atoms with van der Waals surface area (Å²) in [6.45, 7) is 0. The lowest BCUT2D eigenvalue weighted by Gasteiger charge is -2.08. The van der Waals surface area contributed by atoms with Crippen LogP contribution in [0.25, 0.3) is 73.7 Å². The Hall–Kier alpha value is -4.13. The Bertz CT molecular complexity index is 2960. The average Bonchev–Trinajstić information content (AvgIpc) is 3.80. The van der Waals surface area contributed by atoms with Gasteiger partial charge in [0.05, 0.1) is 0 Å². The van der Waals surface area contributed by atoms with E-state index in [0.717, 1.165) is 20.1 Å². The molecule has 57 heavy (non-hydrogen) atoms. The molecule has 280 valence electrons. The third-order valence-electron chi connectivity index (χ3n) is 9.42. The lowest BCUT2D eigenvalue weighted by atomic mass is 9.79. The van der Waals surface area contributed by atoms with Crippen molar-refractivity contribution < 1.29 is 10.0 Å². The lowest BCUT2D eigenvalue weighted by molar-refractivity contribution is 0.426.